The number of halogens is 2. The fraction of sp³-hybridized carbons (Fsp3) is 0.167. The van der Waals surface area contributed by atoms with Gasteiger partial charge in [-0.15, -0.1) is 0 Å². The highest BCUT2D eigenvalue weighted by molar-refractivity contribution is 6.21. The maximum Gasteiger partial charge on any atom is 0.261 e. The van der Waals surface area contributed by atoms with Crippen LogP contribution in [0.4, 0.5) is 14.5 Å². The summed E-state index contributed by atoms with van der Waals surface area (Å²) in [6.45, 7) is 0.0945. The van der Waals surface area contributed by atoms with E-state index in [0.717, 1.165) is 17.0 Å². The Labute approximate surface area is 142 Å². The second-order valence-electron chi connectivity index (χ2n) is 5.62. The number of anilines is 1. The Morgan fingerprint density at radius 1 is 0.960 bits per heavy atom. The predicted molar refractivity (Wildman–Crippen MR) is 86.0 cm³/mol. The lowest BCUT2D eigenvalue weighted by Gasteiger charge is -2.13. The van der Waals surface area contributed by atoms with Gasteiger partial charge in [-0.3, -0.25) is 19.3 Å². The molecule has 0 saturated carbocycles. The van der Waals surface area contributed by atoms with Gasteiger partial charge in [-0.25, -0.2) is 8.78 Å². The van der Waals surface area contributed by atoms with Gasteiger partial charge in [-0.05, 0) is 30.7 Å². The smallest absolute Gasteiger partial charge is 0.261 e. The molecule has 0 atom stereocenters. The highest BCUT2D eigenvalue weighted by Crippen LogP contribution is 2.22. The van der Waals surface area contributed by atoms with Crippen LogP contribution < -0.4 is 5.32 Å². The first-order valence-corrected chi connectivity index (χ1v) is 7.67. The highest BCUT2D eigenvalue weighted by Gasteiger charge is 2.34. The van der Waals surface area contributed by atoms with E-state index in [1.165, 1.54) is 0 Å². The van der Waals surface area contributed by atoms with Gasteiger partial charge in [-0.1, -0.05) is 12.1 Å². The van der Waals surface area contributed by atoms with E-state index >= 15 is 0 Å². The van der Waals surface area contributed by atoms with Gasteiger partial charge in [0.25, 0.3) is 11.8 Å². The fourth-order valence-corrected chi connectivity index (χ4v) is 2.69. The number of fused-ring (bicyclic) bond motifs is 1. The maximum atomic E-state index is 13.1. The second-order valence-corrected chi connectivity index (χ2v) is 5.62. The summed E-state index contributed by atoms with van der Waals surface area (Å²) in [7, 11) is 0. The van der Waals surface area contributed by atoms with Crippen molar-refractivity contribution >= 4 is 23.4 Å². The Morgan fingerprint density at radius 2 is 1.52 bits per heavy atom. The first kappa shape index (κ1) is 16.8. The molecule has 0 aromatic heterocycles. The Bertz CT molecular complexity index is 812. The van der Waals surface area contributed by atoms with Gasteiger partial charge in [0.1, 0.15) is 11.6 Å². The predicted octanol–water partition coefficient (Wildman–Crippen LogP) is 2.98. The van der Waals surface area contributed by atoms with Crippen molar-refractivity contribution < 1.29 is 23.2 Å². The molecule has 0 unspecified atom stereocenters. The summed E-state index contributed by atoms with van der Waals surface area (Å²) in [6, 6.07) is 9.24. The molecular weight excluding hydrogens is 330 g/mol. The monoisotopic (exact) mass is 344 g/mol. The molecule has 1 aliphatic heterocycles. The van der Waals surface area contributed by atoms with Gasteiger partial charge in [-0.2, -0.15) is 0 Å². The molecule has 5 nitrogen and oxygen atoms in total. The van der Waals surface area contributed by atoms with Gasteiger partial charge < -0.3 is 5.32 Å². The Morgan fingerprint density at radius 3 is 2.08 bits per heavy atom. The molecule has 1 aliphatic rings. The molecule has 1 heterocycles. The standard InChI is InChI=1S/C18H14F2N2O3/c19-11-8-12(20)10-13(9-11)21-16(23)6-3-7-22-17(24)14-4-1-2-5-15(14)18(22)25/h1-2,4-5,8-10H,3,6-7H2,(H,21,23). The average molecular weight is 344 g/mol. The van der Waals surface area contributed by atoms with Gasteiger partial charge in [0, 0.05) is 24.7 Å². The fourth-order valence-electron chi connectivity index (χ4n) is 2.69. The van der Waals surface area contributed by atoms with Crippen molar-refractivity contribution in [1.82, 2.24) is 4.90 Å². The molecule has 3 rings (SSSR count). The van der Waals surface area contributed by atoms with Crippen molar-refractivity contribution in [2.24, 2.45) is 0 Å². The molecule has 128 valence electrons. The SMILES string of the molecule is O=C(CCCN1C(=O)c2ccccc2C1=O)Nc1cc(F)cc(F)c1. The minimum atomic E-state index is -0.790. The van der Waals surface area contributed by atoms with E-state index in [0.29, 0.717) is 17.2 Å². The van der Waals surface area contributed by atoms with Crippen LogP contribution in [0.15, 0.2) is 42.5 Å². The summed E-state index contributed by atoms with van der Waals surface area (Å²) in [5.41, 5.74) is 0.725. The quantitative estimate of drug-likeness (QED) is 0.848. The van der Waals surface area contributed by atoms with Crippen LogP contribution >= 0.6 is 0 Å². The molecule has 0 aliphatic carbocycles. The maximum absolute atomic E-state index is 13.1. The van der Waals surface area contributed by atoms with E-state index in [1.807, 2.05) is 0 Å². The average Bonchev–Trinajstić information content (AvgIpc) is 2.79. The number of nitrogens with one attached hydrogen (secondary N) is 1. The Balaban J connectivity index is 1.54. The molecule has 25 heavy (non-hydrogen) atoms. The third kappa shape index (κ3) is 3.55. The molecule has 7 heteroatoms. The van der Waals surface area contributed by atoms with Gasteiger partial charge in [0.15, 0.2) is 0 Å². The topological polar surface area (TPSA) is 66.5 Å². The summed E-state index contributed by atoms with van der Waals surface area (Å²) >= 11 is 0. The molecule has 0 bridgehead atoms. The van der Waals surface area contributed by atoms with Crippen LogP contribution in [0.2, 0.25) is 0 Å². The Kier molecular flexibility index (Phi) is 4.56. The van der Waals surface area contributed by atoms with E-state index in [9.17, 15) is 23.2 Å². The van der Waals surface area contributed by atoms with E-state index < -0.39 is 17.5 Å². The molecule has 0 spiro atoms. The zero-order valence-electron chi connectivity index (χ0n) is 13.1. The van der Waals surface area contributed by atoms with Crippen LogP contribution in [0.5, 0.6) is 0 Å². The van der Waals surface area contributed by atoms with Crippen molar-refractivity contribution in [2.75, 3.05) is 11.9 Å². The number of carbonyl (C=O) groups excluding carboxylic acids is 3. The van der Waals surface area contributed by atoms with Gasteiger partial charge >= 0.3 is 0 Å². The molecular formula is C18H14F2N2O3. The van der Waals surface area contributed by atoms with Crippen LogP contribution in [0.25, 0.3) is 0 Å². The zero-order valence-corrected chi connectivity index (χ0v) is 13.1. The molecule has 0 fully saturated rings. The van der Waals surface area contributed by atoms with Crippen LogP contribution in [0, 0.1) is 11.6 Å². The summed E-state index contributed by atoms with van der Waals surface area (Å²) in [5, 5.41) is 2.38. The number of carbonyl (C=O) groups is 3. The molecule has 0 saturated heterocycles. The summed E-state index contributed by atoms with van der Waals surface area (Å²) in [5.74, 6) is -2.80. The van der Waals surface area contributed by atoms with Gasteiger partial charge in [0.2, 0.25) is 5.91 Å². The highest BCUT2D eigenvalue weighted by atomic mass is 19.1. The van der Waals surface area contributed by atoms with Crippen molar-refractivity contribution in [3.8, 4) is 0 Å². The lowest BCUT2D eigenvalue weighted by molar-refractivity contribution is -0.116. The van der Waals surface area contributed by atoms with Gasteiger partial charge in [0.05, 0.1) is 11.1 Å². The number of nitrogens with zero attached hydrogens (tertiary/aromatic N) is 1. The van der Waals surface area contributed by atoms with E-state index in [4.69, 9.17) is 0 Å². The van der Waals surface area contributed by atoms with E-state index in [-0.39, 0.29) is 36.9 Å². The number of benzene rings is 2. The normalized spacial score (nSPS) is 13.1. The molecule has 0 radical (unpaired) electrons. The summed E-state index contributed by atoms with van der Waals surface area (Å²) in [6.07, 6.45) is 0.251. The number of hydrogen-bond donors (Lipinski definition) is 1. The zero-order chi connectivity index (χ0) is 18.0. The van der Waals surface area contributed by atoms with Crippen molar-refractivity contribution in [3.05, 3.63) is 65.2 Å². The second kappa shape index (κ2) is 6.80. The van der Waals surface area contributed by atoms with Crippen molar-refractivity contribution in [1.29, 1.82) is 0 Å². The van der Waals surface area contributed by atoms with Crippen LogP contribution in [0.1, 0.15) is 33.6 Å². The number of imide groups is 1. The first-order valence-electron chi connectivity index (χ1n) is 7.67. The lowest BCUT2D eigenvalue weighted by Crippen LogP contribution is -2.31. The van der Waals surface area contributed by atoms with Crippen LogP contribution in [0.3, 0.4) is 0 Å². The number of hydrogen-bond acceptors (Lipinski definition) is 3. The van der Waals surface area contributed by atoms with Crippen molar-refractivity contribution in [2.45, 2.75) is 12.8 Å². The number of amides is 3. The minimum Gasteiger partial charge on any atom is -0.326 e. The largest absolute Gasteiger partial charge is 0.326 e. The Hall–Kier alpha value is -3.09. The molecule has 2 aromatic carbocycles. The molecule has 3 amide bonds. The molecule has 1 N–H and O–H groups in total. The van der Waals surface area contributed by atoms with Crippen molar-refractivity contribution in [3.63, 3.8) is 0 Å². The van der Waals surface area contributed by atoms with E-state index in [1.54, 1.807) is 24.3 Å². The van der Waals surface area contributed by atoms with Crippen LogP contribution in [-0.4, -0.2) is 29.2 Å². The minimum absolute atomic E-state index is 0.00549. The lowest BCUT2D eigenvalue weighted by atomic mass is 10.1. The third-order valence-electron chi connectivity index (χ3n) is 3.81. The summed E-state index contributed by atoms with van der Waals surface area (Å²) < 4.78 is 26.2. The first-order chi connectivity index (χ1) is 12.0. The van der Waals surface area contributed by atoms with Crippen LogP contribution in [-0.2, 0) is 4.79 Å². The number of rotatable bonds is 5. The molecule has 2 aromatic rings. The van der Waals surface area contributed by atoms with E-state index in [2.05, 4.69) is 5.32 Å². The summed E-state index contributed by atoms with van der Waals surface area (Å²) in [4.78, 5) is 37.3. The third-order valence-corrected chi connectivity index (χ3v) is 3.81.